The zero-order valence-corrected chi connectivity index (χ0v) is 8.63. The predicted molar refractivity (Wildman–Crippen MR) is 60.7 cm³/mol. The smallest absolute Gasteiger partial charge is 0.0630 e. The van der Waals surface area contributed by atoms with Gasteiger partial charge < -0.3 is 15.7 Å². The van der Waals surface area contributed by atoms with Crippen molar-refractivity contribution in [1.29, 1.82) is 0 Å². The van der Waals surface area contributed by atoms with E-state index in [1.54, 1.807) is 0 Å². The van der Waals surface area contributed by atoms with Crippen LogP contribution in [-0.2, 0) is 0 Å². The van der Waals surface area contributed by atoms with E-state index in [0.717, 1.165) is 24.5 Å². The maximum atomic E-state index is 9.70. The molecule has 0 radical (unpaired) electrons. The molecule has 2 aliphatic heterocycles. The lowest BCUT2D eigenvalue weighted by Gasteiger charge is -2.52. The fourth-order valence-electron chi connectivity index (χ4n) is 2.83. The summed E-state index contributed by atoms with van der Waals surface area (Å²) >= 11 is 0. The summed E-state index contributed by atoms with van der Waals surface area (Å²) in [5.74, 6) is 0.923. The Labute approximate surface area is 89.5 Å². The molecule has 2 atom stereocenters. The summed E-state index contributed by atoms with van der Waals surface area (Å²) in [6.07, 6.45) is 1.12. The number of nitrogen functional groups attached to an aromatic ring is 1. The van der Waals surface area contributed by atoms with Gasteiger partial charge in [-0.3, -0.25) is 0 Å². The van der Waals surface area contributed by atoms with Crippen LogP contribution in [0.1, 0.15) is 6.42 Å². The van der Waals surface area contributed by atoms with E-state index in [0.29, 0.717) is 11.8 Å². The van der Waals surface area contributed by atoms with Crippen LogP contribution in [0, 0.1) is 11.8 Å². The number of aliphatic hydroxyl groups excluding tert-OH is 1. The third kappa shape index (κ3) is 1.30. The maximum Gasteiger partial charge on any atom is 0.0630 e. The lowest BCUT2D eigenvalue weighted by molar-refractivity contribution is -0.0530. The number of aliphatic hydroxyl groups is 1. The summed E-state index contributed by atoms with van der Waals surface area (Å²) in [6.45, 7) is 1.90. The van der Waals surface area contributed by atoms with Crippen LogP contribution in [0.15, 0.2) is 24.3 Å². The number of rotatable bonds is 1. The number of fused-ring (bicyclic) bond motifs is 2. The van der Waals surface area contributed by atoms with Gasteiger partial charge >= 0.3 is 0 Å². The zero-order valence-electron chi connectivity index (χ0n) is 8.63. The second-order valence-corrected chi connectivity index (χ2v) is 4.71. The SMILES string of the molecule is Nc1ccccc1N1CC2CC(C1)C2O. The molecule has 0 aromatic heterocycles. The van der Waals surface area contributed by atoms with E-state index in [1.807, 2.05) is 18.2 Å². The van der Waals surface area contributed by atoms with Crippen LogP contribution in [-0.4, -0.2) is 24.3 Å². The van der Waals surface area contributed by atoms with Crippen molar-refractivity contribution in [3.8, 4) is 0 Å². The number of para-hydroxylation sites is 2. The molecule has 3 heteroatoms. The molecule has 4 rings (SSSR count). The Kier molecular flexibility index (Phi) is 1.89. The van der Waals surface area contributed by atoms with Gasteiger partial charge in [-0.1, -0.05) is 12.1 Å². The van der Waals surface area contributed by atoms with Gasteiger partial charge in [0.1, 0.15) is 0 Å². The first kappa shape index (κ1) is 9.04. The van der Waals surface area contributed by atoms with Gasteiger partial charge in [0.25, 0.3) is 0 Å². The highest BCUT2D eigenvalue weighted by Gasteiger charge is 2.45. The molecule has 2 bridgehead atoms. The molecule has 2 heterocycles. The van der Waals surface area contributed by atoms with Gasteiger partial charge in [-0.15, -0.1) is 0 Å². The summed E-state index contributed by atoms with van der Waals surface area (Å²) < 4.78 is 0. The monoisotopic (exact) mass is 204 g/mol. The van der Waals surface area contributed by atoms with Crippen molar-refractivity contribution < 1.29 is 5.11 Å². The fraction of sp³-hybridized carbons (Fsp3) is 0.500. The lowest BCUT2D eigenvalue weighted by Crippen LogP contribution is -2.58. The van der Waals surface area contributed by atoms with Crippen molar-refractivity contribution in [3.05, 3.63) is 24.3 Å². The van der Waals surface area contributed by atoms with Gasteiger partial charge in [0.05, 0.1) is 17.5 Å². The van der Waals surface area contributed by atoms with E-state index in [-0.39, 0.29) is 6.10 Å². The molecular formula is C12H16N2O. The zero-order chi connectivity index (χ0) is 10.4. The number of benzene rings is 1. The summed E-state index contributed by atoms with van der Waals surface area (Å²) in [5.41, 5.74) is 7.91. The van der Waals surface area contributed by atoms with E-state index >= 15 is 0 Å². The highest BCUT2D eigenvalue weighted by Crippen LogP contribution is 2.42. The Morgan fingerprint density at radius 1 is 1.20 bits per heavy atom. The molecule has 1 aromatic carbocycles. The molecule has 3 nitrogen and oxygen atoms in total. The topological polar surface area (TPSA) is 49.5 Å². The van der Waals surface area contributed by atoms with E-state index in [9.17, 15) is 5.11 Å². The predicted octanol–water partition coefficient (Wildman–Crippen LogP) is 1.09. The molecule has 1 aliphatic carbocycles. The van der Waals surface area contributed by atoms with E-state index in [1.165, 1.54) is 6.42 Å². The quantitative estimate of drug-likeness (QED) is 0.673. The molecule has 15 heavy (non-hydrogen) atoms. The van der Waals surface area contributed by atoms with Gasteiger partial charge in [0.2, 0.25) is 0 Å². The first-order valence-electron chi connectivity index (χ1n) is 5.53. The minimum absolute atomic E-state index is 0.0637. The highest BCUT2D eigenvalue weighted by molar-refractivity contribution is 5.67. The Morgan fingerprint density at radius 2 is 1.87 bits per heavy atom. The van der Waals surface area contributed by atoms with E-state index in [2.05, 4.69) is 11.0 Å². The molecule has 2 saturated heterocycles. The van der Waals surface area contributed by atoms with Crippen LogP contribution in [0.3, 0.4) is 0 Å². The average molecular weight is 204 g/mol. The van der Waals surface area contributed by atoms with Gasteiger partial charge in [-0.05, 0) is 18.6 Å². The fourth-order valence-corrected chi connectivity index (χ4v) is 2.83. The number of piperidine rings is 2. The summed E-state index contributed by atoms with van der Waals surface area (Å²) in [6, 6.07) is 7.97. The van der Waals surface area contributed by atoms with Crippen molar-refractivity contribution >= 4 is 11.4 Å². The van der Waals surface area contributed by atoms with Gasteiger partial charge in [-0.25, -0.2) is 0 Å². The Balaban J connectivity index is 1.83. The van der Waals surface area contributed by atoms with Crippen molar-refractivity contribution in [1.82, 2.24) is 0 Å². The molecule has 80 valence electrons. The Morgan fingerprint density at radius 3 is 2.47 bits per heavy atom. The number of anilines is 2. The van der Waals surface area contributed by atoms with E-state index in [4.69, 9.17) is 5.73 Å². The van der Waals surface area contributed by atoms with Crippen LogP contribution in [0.2, 0.25) is 0 Å². The maximum absolute atomic E-state index is 9.70. The Bertz CT molecular complexity index is 368. The number of nitrogens with two attached hydrogens (primary N) is 1. The first-order chi connectivity index (χ1) is 7.25. The number of hydrogen-bond acceptors (Lipinski definition) is 3. The third-order valence-electron chi connectivity index (χ3n) is 3.76. The highest BCUT2D eigenvalue weighted by atomic mass is 16.3. The average Bonchev–Trinajstić information content (AvgIpc) is 2.29. The minimum Gasteiger partial charge on any atom is -0.397 e. The molecule has 2 unspecified atom stereocenters. The molecule has 3 N–H and O–H groups in total. The third-order valence-corrected chi connectivity index (χ3v) is 3.76. The molecule has 0 amide bonds. The molecule has 3 fully saturated rings. The van der Waals surface area contributed by atoms with Crippen LogP contribution in [0.4, 0.5) is 11.4 Å². The molecule has 3 aliphatic rings. The van der Waals surface area contributed by atoms with Crippen LogP contribution in [0.5, 0.6) is 0 Å². The normalized spacial score (nSPS) is 33.7. The molecule has 0 spiro atoms. The second kappa shape index (κ2) is 3.14. The van der Waals surface area contributed by atoms with Crippen LogP contribution in [0.25, 0.3) is 0 Å². The van der Waals surface area contributed by atoms with Crippen molar-refractivity contribution in [2.24, 2.45) is 11.8 Å². The Hall–Kier alpha value is -1.22. The second-order valence-electron chi connectivity index (χ2n) is 4.71. The largest absolute Gasteiger partial charge is 0.397 e. The summed E-state index contributed by atoms with van der Waals surface area (Å²) in [4.78, 5) is 2.31. The number of nitrogens with zero attached hydrogens (tertiary/aromatic N) is 1. The summed E-state index contributed by atoms with van der Waals surface area (Å²) in [7, 11) is 0. The first-order valence-corrected chi connectivity index (χ1v) is 5.53. The molecule has 1 saturated carbocycles. The van der Waals surface area contributed by atoms with Crippen LogP contribution < -0.4 is 10.6 Å². The van der Waals surface area contributed by atoms with Gasteiger partial charge in [0, 0.05) is 24.9 Å². The van der Waals surface area contributed by atoms with Crippen LogP contribution >= 0.6 is 0 Å². The van der Waals surface area contributed by atoms with Crippen molar-refractivity contribution in [2.75, 3.05) is 23.7 Å². The van der Waals surface area contributed by atoms with Crippen molar-refractivity contribution in [3.63, 3.8) is 0 Å². The van der Waals surface area contributed by atoms with Crippen molar-refractivity contribution in [2.45, 2.75) is 12.5 Å². The minimum atomic E-state index is -0.0637. The molecular weight excluding hydrogens is 188 g/mol. The lowest BCUT2D eigenvalue weighted by atomic mass is 9.68. The number of hydrogen-bond donors (Lipinski definition) is 2. The molecule has 1 aromatic rings. The van der Waals surface area contributed by atoms with Gasteiger partial charge in [-0.2, -0.15) is 0 Å². The standard InChI is InChI=1S/C12H16N2O/c13-10-3-1-2-4-11(10)14-6-8-5-9(7-14)12(8)15/h1-4,8-9,12,15H,5-7,13H2. The van der Waals surface area contributed by atoms with Gasteiger partial charge in [0.15, 0.2) is 0 Å². The summed E-state index contributed by atoms with van der Waals surface area (Å²) in [5, 5.41) is 9.70. The van der Waals surface area contributed by atoms with E-state index < -0.39 is 0 Å².